The zero-order valence-electron chi connectivity index (χ0n) is 13.7. The third kappa shape index (κ3) is 6.29. The Morgan fingerprint density at radius 1 is 1.04 bits per heavy atom. The summed E-state index contributed by atoms with van der Waals surface area (Å²) in [5, 5.41) is 9.09. The van der Waals surface area contributed by atoms with Crippen LogP contribution in [0.2, 0.25) is 10.0 Å². The third-order valence-electron chi connectivity index (χ3n) is 3.53. The largest absolute Gasteiger partial charge is 0.354 e. The molecule has 2 aromatic carbocycles. The summed E-state index contributed by atoms with van der Waals surface area (Å²) < 4.78 is 0. The number of halogens is 2. The summed E-state index contributed by atoms with van der Waals surface area (Å²) in [7, 11) is 0. The Labute approximate surface area is 156 Å². The predicted octanol–water partition coefficient (Wildman–Crippen LogP) is 3.78. The second kappa shape index (κ2) is 9.30. The number of nitrogens with one attached hydrogen (secondary N) is 3. The van der Waals surface area contributed by atoms with Crippen LogP contribution < -0.4 is 16.0 Å². The minimum absolute atomic E-state index is 0.105. The van der Waals surface area contributed by atoms with Crippen molar-refractivity contribution in [3.05, 3.63) is 63.6 Å². The van der Waals surface area contributed by atoms with Gasteiger partial charge >= 0.3 is 6.03 Å². The van der Waals surface area contributed by atoms with Gasteiger partial charge in [-0.25, -0.2) is 4.79 Å². The van der Waals surface area contributed by atoms with Gasteiger partial charge in [0.25, 0.3) is 0 Å². The van der Waals surface area contributed by atoms with Gasteiger partial charge in [0.15, 0.2) is 0 Å². The average molecular weight is 380 g/mol. The van der Waals surface area contributed by atoms with Crippen molar-refractivity contribution in [1.29, 1.82) is 0 Å². The maximum atomic E-state index is 11.8. The molecule has 0 spiro atoms. The van der Waals surface area contributed by atoms with Crippen molar-refractivity contribution >= 4 is 40.8 Å². The smallest absolute Gasteiger partial charge is 0.319 e. The van der Waals surface area contributed by atoms with Crippen molar-refractivity contribution in [2.75, 3.05) is 18.4 Å². The summed E-state index contributed by atoms with van der Waals surface area (Å²) in [5.74, 6) is -0.273. The number of amides is 3. The van der Waals surface area contributed by atoms with Gasteiger partial charge in [-0.05, 0) is 42.7 Å². The van der Waals surface area contributed by atoms with E-state index in [2.05, 4.69) is 16.0 Å². The molecule has 2 rings (SSSR count). The second-order valence-electron chi connectivity index (χ2n) is 5.46. The standard InChI is InChI=1S/C18H19Cl2N3O2/c1-12-4-2-3-5-16(12)23-18(25)22-11-17(24)21-9-8-13-6-7-14(19)10-15(13)20/h2-7,10H,8-9,11H2,1H3,(H,21,24)(H2,22,23,25). The lowest BCUT2D eigenvalue weighted by Crippen LogP contribution is -2.39. The molecule has 0 atom stereocenters. The van der Waals surface area contributed by atoms with Crippen molar-refractivity contribution in [3.63, 3.8) is 0 Å². The van der Waals surface area contributed by atoms with E-state index in [1.165, 1.54) is 0 Å². The fourth-order valence-corrected chi connectivity index (χ4v) is 2.67. The van der Waals surface area contributed by atoms with Gasteiger partial charge in [0, 0.05) is 22.3 Å². The van der Waals surface area contributed by atoms with Gasteiger partial charge in [-0.15, -0.1) is 0 Å². The predicted molar refractivity (Wildman–Crippen MR) is 101 cm³/mol. The summed E-state index contributed by atoms with van der Waals surface area (Å²) in [6.07, 6.45) is 0.581. The normalized spacial score (nSPS) is 10.2. The molecule has 0 aromatic heterocycles. The topological polar surface area (TPSA) is 70.2 Å². The molecular formula is C18H19Cl2N3O2. The van der Waals surface area contributed by atoms with Crippen LogP contribution in [0.4, 0.5) is 10.5 Å². The molecule has 0 bridgehead atoms. The molecule has 3 N–H and O–H groups in total. The minimum atomic E-state index is -0.426. The van der Waals surface area contributed by atoms with Gasteiger partial charge in [-0.1, -0.05) is 47.5 Å². The van der Waals surface area contributed by atoms with Crippen molar-refractivity contribution in [2.24, 2.45) is 0 Å². The van der Waals surface area contributed by atoms with Gasteiger partial charge in [-0.3, -0.25) is 4.79 Å². The van der Waals surface area contributed by atoms with E-state index < -0.39 is 6.03 Å². The van der Waals surface area contributed by atoms with Crippen LogP contribution in [0.25, 0.3) is 0 Å². The number of hydrogen-bond acceptors (Lipinski definition) is 2. The van der Waals surface area contributed by atoms with Gasteiger partial charge in [0.2, 0.25) is 5.91 Å². The minimum Gasteiger partial charge on any atom is -0.354 e. The van der Waals surface area contributed by atoms with Crippen molar-refractivity contribution < 1.29 is 9.59 Å². The molecular weight excluding hydrogens is 361 g/mol. The monoisotopic (exact) mass is 379 g/mol. The summed E-state index contributed by atoms with van der Waals surface area (Å²) in [6.45, 7) is 2.21. The van der Waals surface area contributed by atoms with E-state index in [1.807, 2.05) is 31.2 Å². The lowest BCUT2D eigenvalue weighted by molar-refractivity contribution is -0.120. The van der Waals surface area contributed by atoms with Crippen molar-refractivity contribution in [2.45, 2.75) is 13.3 Å². The van der Waals surface area contributed by atoms with E-state index in [9.17, 15) is 9.59 Å². The quantitative estimate of drug-likeness (QED) is 0.714. The van der Waals surface area contributed by atoms with Gasteiger partial charge in [0.05, 0.1) is 6.54 Å². The summed E-state index contributed by atoms with van der Waals surface area (Å²) in [6, 6.07) is 12.2. The Hall–Kier alpha value is -2.24. The zero-order chi connectivity index (χ0) is 18.2. The highest BCUT2D eigenvalue weighted by Gasteiger charge is 2.07. The summed E-state index contributed by atoms with van der Waals surface area (Å²) in [4.78, 5) is 23.6. The summed E-state index contributed by atoms with van der Waals surface area (Å²) in [5.41, 5.74) is 2.55. The number of carbonyl (C=O) groups excluding carboxylic acids is 2. The Balaban J connectivity index is 1.70. The van der Waals surface area contributed by atoms with E-state index >= 15 is 0 Å². The second-order valence-corrected chi connectivity index (χ2v) is 6.30. The van der Waals surface area contributed by atoms with Crippen LogP contribution in [0.15, 0.2) is 42.5 Å². The molecule has 0 unspecified atom stereocenters. The summed E-state index contributed by atoms with van der Waals surface area (Å²) >= 11 is 11.9. The van der Waals surface area contributed by atoms with Crippen LogP contribution in [-0.4, -0.2) is 25.0 Å². The number of benzene rings is 2. The lowest BCUT2D eigenvalue weighted by Gasteiger charge is -2.10. The number of hydrogen-bond donors (Lipinski definition) is 3. The number of rotatable bonds is 6. The molecule has 5 nitrogen and oxygen atoms in total. The lowest BCUT2D eigenvalue weighted by atomic mass is 10.1. The molecule has 0 aliphatic carbocycles. The van der Waals surface area contributed by atoms with Gasteiger partial charge < -0.3 is 16.0 Å². The molecule has 0 radical (unpaired) electrons. The van der Waals surface area contributed by atoms with Crippen LogP contribution >= 0.6 is 23.2 Å². The van der Waals surface area contributed by atoms with E-state index in [1.54, 1.807) is 18.2 Å². The molecule has 0 saturated heterocycles. The van der Waals surface area contributed by atoms with E-state index in [4.69, 9.17) is 23.2 Å². The molecule has 132 valence electrons. The first-order valence-electron chi connectivity index (χ1n) is 7.77. The Morgan fingerprint density at radius 2 is 1.80 bits per heavy atom. The fourth-order valence-electron chi connectivity index (χ4n) is 2.16. The van der Waals surface area contributed by atoms with E-state index in [0.29, 0.717) is 28.7 Å². The highest BCUT2D eigenvalue weighted by molar-refractivity contribution is 6.35. The highest BCUT2D eigenvalue weighted by Crippen LogP contribution is 2.21. The molecule has 0 aliphatic rings. The SMILES string of the molecule is Cc1ccccc1NC(=O)NCC(=O)NCCc1ccc(Cl)cc1Cl. The van der Waals surface area contributed by atoms with Crippen LogP contribution in [-0.2, 0) is 11.2 Å². The first-order chi connectivity index (χ1) is 12.0. The van der Waals surface area contributed by atoms with Crippen LogP contribution in [0, 0.1) is 6.92 Å². The molecule has 7 heteroatoms. The van der Waals surface area contributed by atoms with Gasteiger partial charge in [0.1, 0.15) is 0 Å². The van der Waals surface area contributed by atoms with Crippen LogP contribution in [0.5, 0.6) is 0 Å². The molecule has 0 aliphatic heterocycles. The maximum absolute atomic E-state index is 11.8. The van der Waals surface area contributed by atoms with E-state index in [0.717, 1.165) is 11.1 Å². The molecule has 0 saturated carbocycles. The first kappa shape index (κ1) is 19.1. The Morgan fingerprint density at radius 3 is 2.52 bits per heavy atom. The van der Waals surface area contributed by atoms with Gasteiger partial charge in [-0.2, -0.15) is 0 Å². The number of urea groups is 1. The average Bonchev–Trinajstić information content (AvgIpc) is 2.57. The fraction of sp³-hybridized carbons (Fsp3) is 0.222. The number of anilines is 1. The van der Waals surface area contributed by atoms with Crippen LogP contribution in [0.1, 0.15) is 11.1 Å². The van der Waals surface area contributed by atoms with E-state index in [-0.39, 0.29) is 12.5 Å². The Kier molecular flexibility index (Phi) is 7.10. The highest BCUT2D eigenvalue weighted by atomic mass is 35.5. The van der Waals surface area contributed by atoms with Crippen LogP contribution in [0.3, 0.4) is 0 Å². The number of aryl methyl sites for hydroxylation is 1. The first-order valence-corrected chi connectivity index (χ1v) is 8.52. The maximum Gasteiger partial charge on any atom is 0.319 e. The molecule has 3 amide bonds. The molecule has 25 heavy (non-hydrogen) atoms. The number of carbonyl (C=O) groups is 2. The molecule has 0 heterocycles. The molecule has 2 aromatic rings. The third-order valence-corrected chi connectivity index (χ3v) is 4.12. The Bertz CT molecular complexity index is 766. The van der Waals surface area contributed by atoms with Crippen molar-refractivity contribution in [3.8, 4) is 0 Å². The molecule has 0 fully saturated rings. The van der Waals surface area contributed by atoms with Crippen molar-refractivity contribution in [1.82, 2.24) is 10.6 Å². The zero-order valence-corrected chi connectivity index (χ0v) is 15.2. The number of para-hydroxylation sites is 1.